The van der Waals surface area contributed by atoms with Gasteiger partial charge in [-0.05, 0) is 31.9 Å². The molecular formula is C15H23NO3. The molecule has 1 rings (SSSR count). The summed E-state index contributed by atoms with van der Waals surface area (Å²) in [4.78, 5) is 12.1. The average Bonchev–Trinajstić information content (AvgIpc) is 2.38. The molecule has 0 aliphatic carbocycles. The van der Waals surface area contributed by atoms with E-state index >= 15 is 0 Å². The molecule has 0 amide bonds. The minimum atomic E-state index is -0.435. The van der Waals surface area contributed by atoms with Crippen LogP contribution in [0.5, 0.6) is 0 Å². The van der Waals surface area contributed by atoms with Crippen molar-refractivity contribution in [1.29, 1.82) is 0 Å². The molecule has 1 aromatic carbocycles. The largest absolute Gasteiger partial charge is 0.465 e. The lowest BCUT2D eigenvalue weighted by molar-refractivity contribution is -0.145. The second kappa shape index (κ2) is 7.92. The van der Waals surface area contributed by atoms with Gasteiger partial charge in [0.05, 0.1) is 13.2 Å². The number of benzene rings is 1. The molecule has 4 nitrogen and oxygen atoms in total. The summed E-state index contributed by atoms with van der Waals surface area (Å²) in [5.74, 6) is -0.243. The second-order valence-corrected chi connectivity index (χ2v) is 4.49. The molecule has 0 aliphatic heterocycles. The summed E-state index contributed by atoms with van der Waals surface area (Å²) < 4.78 is 10.1. The van der Waals surface area contributed by atoms with E-state index in [1.807, 2.05) is 39.0 Å². The molecule has 0 saturated heterocycles. The number of aryl methyl sites for hydroxylation is 2. The fourth-order valence-corrected chi connectivity index (χ4v) is 1.92. The molecule has 0 fully saturated rings. The molecule has 1 unspecified atom stereocenters. The second-order valence-electron chi connectivity index (χ2n) is 4.49. The first-order chi connectivity index (χ1) is 9.10. The summed E-state index contributed by atoms with van der Waals surface area (Å²) in [7, 11) is 1.64. The van der Waals surface area contributed by atoms with Gasteiger partial charge in [0.15, 0.2) is 0 Å². The van der Waals surface area contributed by atoms with Crippen LogP contribution < -0.4 is 5.32 Å². The van der Waals surface area contributed by atoms with Crippen molar-refractivity contribution in [3.05, 3.63) is 34.9 Å². The lowest BCUT2D eigenvalue weighted by Gasteiger charge is -2.20. The third-order valence-electron chi connectivity index (χ3n) is 2.92. The van der Waals surface area contributed by atoms with E-state index in [4.69, 9.17) is 9.47 Å². The number of hydrogen-bond donors (Lipinski definition) is 1. The summed E-state index contributed by atoms with van der Waals surface area (Å²) in [6.07, 6.45) is 0. The van der Waals surface area contributed by atoms with Crippen LogP contribution in [0, 0.1) is 13.8 Å². The van der Waals surface area contributed by atoms with Gasteiger partial charge in [-0.3, -0.25) is 5.32 Å². The molecule has 0 radical (unpaired) electrons. The highest BCUT2D eigenvalue weighted by Crippen LogP contribution is 2.20. The summed E-state index contributed by atoms with van der Waals surface area (Å²) >= 11 is 0. The van der Waals surface area contributed by atoms with Crippen LogP contribution in [0.15, 0.2) is 18.2 Å². The van der Waals surface area contributed by atoms with Crippen LogP contribution in [0.1, 0.15) is 29.7 Å². The molecule has 1 aromatic rings. The first-order valence-corrected chi connectivity index (χ1v) is 6.56. The van der Waals surface area contributed by atoms with Gasteiger partial charge >= 0.3 is 5.97 Å². The maximum Gasteiger partial charge on any atom is 0.327 e. The van der Waals surface area contributed by atoms with Crippen molar-refractivity contribution < 1.29 is 14.3 Å². The van der Waals surface area contributed by atoms with Gasteiger partial charge in [0.25, 0.3) is 0 Å². The first-order valence-electron chi connectivity index (χ1n) is 6.56. The van der Waals surface area contributed by atoms with Gasteiger partial charge in [-0.1, -0.05) is 23.8 Å². The van der Waals surface area contributed by atoms with Crippen LogP contribution in [0.2, 0.25) is 0 Å². The third kappa shape index (κ3) is 4.65. The van der Waals surface area contributed by atoms with E-state index in [1.54, 1.807) is 7.11 Å². The Balaban J connectivity index is 2.93. The van der Waals surface area contributed by atoms with Crippen molar-refractivity contribution >= 4 is 5.97 Å². The Morgan fingerprint density at radius 1 is 1.37 bits per heavy atom. The van der Waals surface area contributed by atoms with Gasteiger partial charge in [0.2, 0.25) is 0 Å². The first kappa shape index (κ1) is 15.7. The van der Waals surface area contributed by atoms with E-state index in [0.29, 0.717) is 19.8 Å². The number of nitrogens with one attached hydrogen (secondary N) is 1. The molecule has 19 heavy (non-hydrogen) atoms. The third-order valence-corrected chi connectivity index (χ3v) is 2.92. The molecule has 0 aliphatic rings. The monoisotopic (exact) mass is 265 g/mol. The van der Waals surface area contributed by atoms with Crippen LogP contribution in [-0.4, -0.2) is 32.8 Å². The molecule has 0 aromatic heterocycles. The maximum absolute atomic E-state index is 12.1. The van der Waals surface area contributed by atoms with Crippen molar-refractivity contribution in [2.45, 2.75) is 26.8 Å². The van der Waals surface area contributed by atoms with Crippen LogP contribution in [0.25, 0.3) is 0 Å². The summed E-state index contributed by atoms with van der Waals surface area (Å²) in [5.41, 5.74) is 3.17. The fourth-order valence-electron chi connectivity index (χ4n) is 1.92. The highest BCUT2D eigenvalue weighted by Gasteiger charge is 2.22. The summed E-state index contributed by atoms with van der Waals surface area (Å²) in [5, 5.41) is 3.19. The van der Waals surface area contributed by atoms with E-state index in [-0.39, 0.29) is 5.97 Å². The Morgan fingerprint density at radius 3 is 2.74 bits per heavy atom. The lowest BCUT2D eigenvalue weighted by atomic mass is 9.99. The van der Waals surface area contributed by atoms with E-state index in [0.717, 1.165) is 16.7 Å². The van der Waals surface area contributed by atoms with Gasteiger partial charge in [0, 0.05) is 13.7 Å². The van der Waals surface area contributed by atoms with Crippen molar-refractivity contribution in [2.24, 2.45) is 0 Å². The number of carbonyl (C=O) groups excluding carboxylic acids is 1. The molecule has 0 spiro atoms. The van der Waals surface area contributed by atoms with Crippen LogP contribution >= 0.6 is 0 Å². The Hall–Kier alpha value is -1.39. The highest BCUT2D eigenvalue weighted by atomic mass is 16.5. The number of methoxy groups -OCH3 is 1. The van der Waals surface area contributed by atoms with Crippen LogP contribution in [-0.2, 0) is 14.3 Å². The summed E-state index contributed by atoms with van der Waals surface area (Å²) in [6, 6.07) is 5.65. The standard InChI is InChI=1S/C15H23NO3/c1-5-19-15(17)14(16-8-9-18-4)13-10-11(2)6-7-12(13)3/h6-7,10,14,16H,5,8-9H2,1-4H3. The van der Waals surface area contributed by atoms with E-state index in [1.165, 1.54) is 0 Å². The van der Waals surface area contributed by atoms with Crippen molar-refractivity contribution in [3.63, 3.8) is 0 Å². The number of rotatable bonds is 7. The van der Waals surface area contributed by atoms with Crippen LogP contribution in [0.4, 0.5) is 0 Å². The van der Waals surface area contributed by atoms with Gasteiger partial charge in [-0.25, -0.2) is 4.79 Å². The predicted octanol–water partition coefficient (Wildman–Crippen LogP) is 2.14. The molecule has 1 N–H and O–H groups in total. The topological polar surface area (TPSA) is 47.6 Å². The van der Waals surface area contributed by atoms with Crippen molar-refractivity contribution in [2.75, 3.05) is 26.9 Å². The van der Waals surface area contributed by atoms with Gasteiger partial charge in [-0.2, -0.15) is 0 Å². The van der Waals surface area contributed by atoms with E-state index in [2.05, 4.69) is 5.32 Å². The highest BCUT2D eigenvalue weighted by molar-refractivity contribution is 5.78. The van der Waals surface area contributed by atoms with Gasteiger partial charge in [-0.15, -0.1) is 0 Å². The van der Waals surface area contributed by atoms with Crippen LogP contribution in [0.3, 0.4) is 0 Å². The normalized spacial score (nSPS) is 12.2. The predicted molar refractivity (Wildman–Crippen MR) is 75.2 cm³/mol. The molecule has 4 heteroatoms. The van der Waals surface area contributed by atoms with E-state index < -0.39 is 6.04 Å². The molecular weight excluding hydrogens is 242 g/mol. The zero-order chi connectivity index (χ0) is 14.3. The average molecular weight is 265 g/mol. The van der Waals surface area contributed by atoms with Crippen molar-refractivity contribution in [1.82, 2.24) is 5.32 Å². The zero-order valence-electron chi connectivity index (χ0n) is 12.2. The number of carbonyl (C=O) groups is 1. The maximum atomic E-state index is 12.1. The fraction of sp³-hybridized carbons (Fsp3) is 0.533. The van der Waals surface area contributed by atoms with E-state index in [9.17, 15) is 4.79 Å². The van der Waals surface area contributed by atoms with Crippen molar-refractivity contribution in [3.8, 4) is 0 Å². The SMILES string of the molecule is CCOC(=O)C(NCCOC)c1cc(C)ccc1C. The quantitative estimate of drug-likeness (QED) is 0.606. The van der Waals surface area contributed by atoms with Gasteiger partial charge < -0.3 is 9.47 Å². The molecule has 0 heterocycles. The number of ether oxygens (including phenoxy) is 2. The smallest absolute Gasteiger partial charge is 0.327 e. The minimum Gasteiger partial charge on any atom is -0.465 e. The molecule has 0 saturated carbocycles. The molecule has 106 valence electrons. The number of esters is 1. The molecule has 0 bridgehead atoms. The number of hydrogen-bond acceptors (Lipinski definition) is 4. The Kier molecular flexibility index (Phi) is 6.53. The van der Waals surface area contributed by atoms with Gasteiger partial charge in [0.1, 0.15) is 6.04 Å². The Bertz CT molecular complexity index is 418. The zero-order valence-corrected chi connectivity index (χ0v) is 12.2. The Labute approximate surface area is 115 Å². The lowest BCUT2D eigenvalue weighted by Crippen LogP contribution is -2.33. The minimum absolute atomic E-state index is 0.243. The Morgan fingerprint density at radius 2 is 2.11 bits per heavy atom. The summed E-state index contributed by atoms with van der Waals surface area (Å²) in [6.45, 7) is 7.37. The molecule has 1 atom stereocenters.